The minimum absolute atomic E-state index is 0.164. The van der Waals surface area contributed by atoms with E-state index in [4.69, 9.17) is 33.2 Å². The summed E-state index contributed by atoms with van der Waals surface area (Å²) in [6, 6.07) is 6.62. The minimum Gasteiger partial charge on any atom is -0.463 e. The molecule has 12 nitrogen and oxygen atoms in total. The molecule has 1 aromatic rings. The summed E-state index contributed by atoms with van der Waals surface area (Å²) in [4.78, 5) is 60.8. The number of para-hydroxylation sites is 1. The molecule has 0 aromatic heterocycles. The maximum Gasteiger partial charge on any atom is 0.331 e. The van der Waals surface area contributed by atoms with Gasteiger partial charge in [-0.25, -0.2) is 4.79 Å². The lowest BCUT2D eigenvalue weighted by Crippen LogP contribution is -2.63. The van der Waals surface area contributed by atoms with Crippen LogP contribution >= 0.6 is 0 Å². The van der Waals surface area contributed by atoms with Crippen LogP contribution in [0, 0.1) is 5.41 Å². The van der Waals surface area contributed by atoms with Crippen molar-refractivity contribution in [2.24, 2.45) is 5.41 Å². The number of carbonyl (C=O) groups excluding carboxylic acids is 5. The summed E-state index contributed by atoms with van der Waals surface area (Å²) >= 11 is 0. The zero-order valence-corrected chi connectivity index (χ0v) is 32.1. The van der Waals surface area contributed by atoms with Gasteiger partial charge in [-0.2, -0.15) is 0 Å². The molecular weight excluding hydrogens is 684 g/mol. The third-order valence-electron chi connectivity index (χ3n) is 8.65. The third-order valence-corrected chi connectivity index (χ3v) is 8.65. The molecule has 0 unspecified atom stereocenters. The normalized spacial score (nSPS) is 23.4. The summed E-state index contributed by atoms with van der Waals surface area (Å²) in [6.07, 6.45) is 8.12. The molecule has 0 spiro atoms. The van der Waals surface area contributed by atoms with Crippen LogP contribution in [-0.2, 0) is 59.0 Å². The maximum atomic E-state index is 12.8. The van der Waals surface area contributed by atoms with Crippen LogP contribution in [-0.4, -0.2) is 67.2 Å². The Morgan fingerprint density at radius 3 is 2.09 bits per heavy atom. The standard InChI is InChI=1S/C41H52O12/c1-25(19-20-33-27(3)16-13-21-41(33,8)9)14-12-15-26(2)22-36(46)48-23-32-17-10-11-18-34(32)52-40-39(51-31(7)45)38(50-30(6)44)37(49-29(5)43)35(53-40)24-47-28(4)42/h10-12,14-15,17-20,22,35,37-40H,13,16,21,23-24H2,1-9H3/b15-12+,20-19+,25-14+,26-22-/t35-,37+,38+,39-,40+/m1/s1. The molecule has 1 aliphatic heterocycles. The van der Waals surface area contributed by atoms with Gasteiger partial charge in [0.15, 0.2) is 12.2 Å². The van der Waals surface area contributed by atoms with Crippen molar-refractivity contribution in [1.82, 2.24) is 0 Å². The van der Waals surface area contributed by atoms with E-state index in [1.165, 1.54) is 37.0 Å². The fraction of sp³-hybridized carbons (Fsp3) is 0.488. The first-order chi connectivity index (χ1) is 25.0. The Hall–Kier alpha value is -4.97. The Bertz CT molecular complexity index is 1660. The highest BCUT2D eigenvalue weighted by molar-refractivity contribution is 5.83. The Balaban J connectivity index is 1.75. The van der Waals surface area contributed by atoms with E-state index >= 15 is 0 Å². The summed E-state index contributed by atoms with van der Waals surface area (Å²) in [7, 11) is 0. The smallest absolute Gasteiger partial charge is 0.331 e. The number of allylic oxidation sites excluding steroid dienone is 9. The lowest BCUT2D eigenvalue weighted by Gasteiger charge is -2.44. The van der Waals surface area contributed by atoms with Crippen LogP contribution in [0.15, 0.2) is 83.0 Å². The van der Waals surface area contributed by atoms with E-state index in [-0.39, 0.29) is 17.8 Å². The lowest BCUT2D eigenvalue weighted by atomic mass is 9.72. The number of carbonyl (C=O) groups is 5. The van der Waals surface area contributed by atoms with Gasteiger partial charge >= 0.3 is 29.8 Å². The highest BCUT2D eigenvalue weighted by Gasteiger charge is 2.53. The van der Waals surface area contributed by atoms with Crippen LogP contribution in [0.4, 0.5) is 0 Å². The van der Waals surface area contributed by atoms with Crippen molar-refractivity contribution in [3.05, 3.63) is 88.6 Å². The van der Waals surface area contributed by atoms with Gasteiger partial charge in [0.05, 0.1) is 0 Å². The number of ether oxygens (including phenoxy) is 7. The van der Waals surface area contributed by atoms with Crippen molar-refractivity contribution >= 4 is 29.8 Å². The van der Waals surface area contributed by atoms with E-state index in [0.29, 0.717) is 11.1 Å². The SMILES string of the molecule is CC(=O)OC[C@H]1O[C@H](Oc2ccccc2COC(=O)\C=C(C)/C=C/C=C(C)/C=C/C2=C(C)CCCC2(C)C)[C@H](OC(C)=O)[C@@H](OC(C)=O)[C@H]1OC(C)=O. The second kappa shape index (κ2) is 19.8. The van der Waals surface area contributed by atoms with Crippen molar-refractivity contribution in [2.45, 2.75) is 119 Å². The second-order valence-electron chi connectivity index (χ2n) is 13.8. The predicted molar refractivity (Wildman–Crippen MR) is 195 cm³/mol. The largest absolute Gasteiger partial charge is 0.463 e. The summed E-state index contributed by atoms with van der Waals surface area (Å²) in [6.45, 7) is 14.6. The summed E-state index contributed by atoms with van der Waals surface area (Å²) in [5.74, 6) is -3.31. The molecule has 0 amide bonds. The monoisotopic (exact) mass is 736 g/mol. The van der Waals surface area contributed by atoms with Gasteiger partial charge in [0.2, 0.25) is 12.4 Å². The van der Waals surface area contributed by atoms with E-state index < -0.39 is 67.2 Å². The van der Waals surface area contributed by atoms with Crippen LogP contribution in [0.1, 0.15) is 87.1 Å². The molecule has 288 valence electrons. The van der Waals surface area contributed by atoms with E-state index in [1.807, 2.05) is 25.2 Å². The fourth-order valence-corrected chi connectivity index (χ4v) is 6.20. The molecule has 1 aliphatic carbocycles. The first-order valence-electron chi connectivity index (χ1n) is 17.6. The Kier molecular flexibility index (Phi) is 15.8. The van der Waals surface area contributed by atoms with Gasteiger partial charge < -0.3 is 33.2 Å². The minimum atomic E-state index is -1.44. The number of hydrogen-bond donors (Lipinski definition) is 0. The summed E-state index contributed by atoms with van der Waals surface area (Å²) in [5, 5.41) is 0. The van der Waals surface area contributed by atoms with E-state index in [0.717, 1.165) is 32.8 Å². The molecule has 0 saturated carbocycles. The Labute approximate surface area is 311 Å². The van der Waals surface area contributed by atoms with Crippen LogP contribution < -0.4 is 4.74 Å². The molecule has 12 heteroatoms. The van der Waals surface area contributed by atoms with Crippen molar-refractivity contribution in [1.29, 1.82) is 0 Å². The average Bonchev–Trinajstić information content (AvgIpc) is 3.05. The molecule has 1 heterocycles. The van der Waals surface area contributed by atoms with Gasteiger partial charge in [0.25, 0.3) is 0 Å². The maximum absolute atomic E-state index is 12.8. The molecule has 1 aromatic carbocycles. The zero-order valence-electron chi connectivity index (χ0n) is 32.1. The van der Waals surface area contributed by atoms with Gasteiger partial charge in [0.1, 0.15) is 25.1 Å². The van der Waals surface area contributed by atoms with Gasteiger partial charge in [-0.1, -0.05) is 73.6 Å². The third kappa shape index (κ3) is 13.5. The van der Waals surface area contributed by atoms with Crippen molar-refractivity contribution in [2.75, 3.05) is 6.61 Å². The highest BCUT2D eigenvalue weighted by atomic mass is 16.7. The molecule has 53 heavy (non-hydrogen) atoms. The molecule has 3 rings (SSSR count). The Morgan fingerprint density at radius 1 is 0.811 bits per heavy atom. The van der Waals surface area contributed by atoms with Gasteiger partial charge in [-0.15, -0.1) is 0 Å². The predicted octanol–water partition coefficient (Wildman–Crippen LogP) is 6.72. The number of esters is 5. The number of rotatable bonds is 14. The van der Waals surface area contributed by atoms with Crippen molar-refractivity contribution in [3.8, 4) is 5.75 Å². The summed E-state index contributed by atoms with van der Waals surface area (Å²) in [5.41, 5.74) is 5.19. The molecular formula is C41H52O12. The number of hydrogen-bond acceptors (Lipinski definition) is 12. The molecule has 1 fully saturated rings. The molecule has 5 atom stereocenters. The van der Waals surface area contributed by atoms with E-state index in [2.05, 4.69) is 32.9 Å². The first-order valence-corrected chi connectivity index (χ1v) is 17.6. The molecule has 0 N–H and O–H groups in total. The van der Waals surface area contributed by atoms with Gasteiger partial charge in [0, 0.05) is 39.3 Å². The van der Waals surface area contributed by atoms with Crippen molar-refractivity contribution in [3.63, 3.8) is 0 Å². The van der Waals surface area contributed by atoms with Crippen LogP contribution in [0.5, 0.6) is 5.75 Å². The zero-order chi connectivity index (χ0) is 39.3. The highest BCUT2D eigenvalue weighted by Crippen LogP contribution is 2.41. The molecule has 2 aliphatic rings. The molecule has 0 bridgehead atoms. The van der Waals surface area contributed by atoms with E-state index in [9.17, 15) is 24.0 Å². The second-order valence-corrected chi connectivity index (χ2v) is 13.8. The average molecular weight is 737 g/mol. The quantitative estimate of drug-likeness (QED) is 0.0863. The van der Waals surface area contributed by atoms with E-state index in [1.54, 1.807) is 31.2 Å². The molecule has 1 saturated heterocycles. The fourth-order valence-electron chi connectivity index (χ4n) is 6.20. The van der Waals surface area contributed by atoms with Gasteiger partial charge in [-0.05, 0) is 62.7 Å². The lowest BCUT2D eigenvalue weighted by molar-refractivity contribution is -0.288. The Morgan fingerprint density at radius 2 is 1.45 bits per heavy atom. The number of benzene rings is 1. The molecule has 0 radical (unpaired) electrons. The van der Waals surface area contributed by atoms with Crippen molar-refractivity contribution < 1.29 is 57.1 Å². The van der Waals surface area contributed by atoms with Crippen LogP contribution in [0.3, 0.4) is 0 Å². The first kappa shape index (κ1) is 42.4. The van der Waals surface area contributed by atoms with Crippen LogP contribution in [0.25, 0.3) is 0 Å². The topological polar surface area (TPSA) is 150 Å². The van der Waals surface area contributed by atoms with Crippen LogP contribution in [0.2, 0.25) is 0 Å². The summed E-state index contributed by atoms with van der Waals surface area (Å²) < 4.78 is 39.2. The van der Waals surface area contributed by atoms with Gasteiger partial charge in [-0.3, -0.25) is 19.2 Å².